The summed E-state index contributed by atoms with van der Waals surface area (Å²) in [5.74, 6) is -0.969. The summed E-state index contributed by atoms with van der Waals surface area (Å²) >= 11 is 6.49. The van der Waals surface area contributed by atoms with Crippen molar-refractivity contribution >= 4 is 35.1 Å². The quantitative estimate of drug-likeness (QED) is 0.668. The zero-order valence-electron chi connectivity index (χ0n) is 16.6. The number of imide groups is 2. The number of likely N-dealkylation sites (N-methyl/N-ethyl adjacent to an activating group) is 1. The number of nitrogens with zero attached hydrogens (tertiary/aromatic N) is 3. The Morgan fingerprint density at radius 2 is 1.89 bits per heavy atom. The fraction of sp³-hybridized carbons (Fsp3) is 0.550. The van der Waals surface area contributed by atoms with Crippen molar-refractivity contribution in [1.29, 1.82) is 0 Å². The number of carbonyl (C=O) groups excluding carboxylic acids is 3. The van der Waals surface area contributed by atoms with Gasteiger partial charge in [0.15, 0.2) is 5.41 Å². The number of amides is 4. The van der Waals surface area contributed by atoms with E-state index in [1.807, 2.05) is 19.2 Å². The van der Waals surface area contributed by atoms with E-state index in [1.54, 1.807) is 26.8 Å². The van der Waals surface area contributed by atoms with Crippen LogP contribution >= 0.6 is 11.6 Å². The lowest BCUT2D eigenvalue weighted by Crippen LogP contribution is -2.76. The molecule has 2 atom stereocenters. The van der Waals surface area contributed by atoms with E-state index in [-0.39, 0.29) is 12.5 Å². The molecule has 0 bridgehead atoms. The maximum absolute atomic E-state index is 13.8. The van der Waals surface area contributed by atoms with Gasteiger partial charge in [0.2, 0.25) is 11.8 Å². The highest BCUT2D eigenvalue weighted by Gasteiger charge is 2.64. The molecule has 8 heteroatoms. The van der Waals surface area contributed by atoms with E-state index < -0.39 is 28.8 Å². The number of carbonyl (C=O) groups is 3. The van der Waals surface area contributed by atoms with Crippen molar-refractivity contribution in [2.45, 2.75) is 38.8 Å². The molecule has 150 valence electrons. The molecular formula is C20H25ClN4O3. The molecule has 4 rings (SSSR count). The van der Waals surface area contributed by atoms with E-state index in [0.29, 0.717) is 18.1 Å². The summed E-state index contributed by atoms with van der Waals surface area (Å²) in [6, 6.07) is 4.63. The average Bonchev–Trinajstić information content (AvgIpc) is 2.59. The molecule has 0 saturated carbocycles. The van der Waals surface area contributed by atoms with Crippen LogP contribution in [0.1, 0.15) is 26.3 Å². The number of halogens is 1. The van der Waals surface area contributed by atoms with Crippen molar-refractivity contribution in [2.75, 3.05) is 31.6 Å². The van der Waals surface area contributed by atoms with E-state index in [0.717, 1.165) is 17.8 Å². The molecule has 3 heterocycles. The van der Waals surface area contributed by atoms with Crippen LogP contribution in [0.4, 0.5) is 10.5 Å². The van der Waals surface area contributed by atoms with Crippen LogP contribution in [-0.2, 0) is 16.0 Å². The molecule has 1 aromatic carbocycles. The Bertz CT molecular complexity index is 881. The first kappa shape index (κ1) is 19.2. The van der Waals surface area contributed by atoms with E-state index >= 15 is 0 Å². The number of rotatable bonds is 0. The number of benzene rings is 1. The molecule has 0 aromatic heterocycles. The zero-order valence-corrected chi connectivity index (χ0v) is 17.3. The van der Waals surface area contributed by atoms with Gasteiger partial charge in [-0.3, -0.25) is 19.8 Å². The second-order valence-corrected chi connectivity index (χ2v) is 9.33. The Morgan fingerprint density at radius 1 is 1.18 bits per heavy atom. The molecule has 0 radical (unpaired) electrons. The summed E-state index contributed by atoms with van der Waals surface area (Å²) in [6.07, 6.45) is 0.182. The van der Waals surface area contributed by atoms with E-state index in [2.05, 4.69) is 15.1 Å². The van der Waals surface area contributed by atoms with Crippen LogP contribution in [0, 0.1) is 5.41 Å². The second-order valence-electron chi connectivity index (χ2n) is 8.93. The highest BCUT2D eigenvalue weighted by atomic mass is 35.5. The zero-order chi connectivity index (χ0) is 20.4. The van der Waals surface area contributed by atoms with Gasteiger partial charge in [0.05, 0.1) is 6.04 Å². The largest absolute Gasteiger partial charge is 0.364 e. The number of hydrogen-bond donors (Lipinski definition) is 1. The lowest BCUT2D eigenvalue weighted by Gasteiger charge is -2.56. The Kier molecular flexibility index (Phi) is 4.25. The summed E-state index contributed by atoms with van der Waals surface area (Å²) < 4.78 is 0. The maximum Gasteiger partial charge on any atom is 0.331 e. The summed E-state index contributed by atoms with van der Waals surface area (Å²) in [5, 5.41) is 3.00. The molecule has 1 spiro atoms. The van der Waals surface area contributed by atoms with E-state index in [4.69, 9.17) is 11.6 Å². The molecule has 2 fully saturated rings. The number of fused-ring (bicyclic) bond motifs is 4. The predicted molar refractivity (Wildman–Crippen MR) is 106 cm³/mol. The molecule has 0 aliphatic carbocycles. The Balaban J connectivity index is 1.93. The fourth-order valence-electron chi connectivity index (χ4n) is 4.73. The van der Waals surface area contributed by atoms with Gasteiger partial charge in [-0.05, 0) is 45.5 Å². The lowest BCUT2D eigenvalue weighted by atomic mass is 9.67. The molecule has 0 unspecified atom stereocenters. The van der Waals surface area contributed by atoms with Gasteiger partial charge in [-0.25, -0.2) is 4.79 Å². The minimum Gasteiger partial charge on any atom is -0.364 e. The van der Waals surface area contributed by atoms with Crippen molar-refractivity contribution in [3.05, 3.63) is 28.8 Å². The molecule has 28 heavy (non-hydrogen) atoms. The number of barbiturate groups is 1. The van der Waals surface area contributed by atoms with Crippen LogP contribution in [0.25, 0.3) is 0 Å². The molecular weight excluding hydrogens is 380 g/mol. The van der Waals surface area contributed by atoms with Crippen LogP contribution < -0.4 is 10.2 Å². The summed E-state index contributed by atoms with van der Waals surface area (Å²) in [5.41, 5.74) is -0.387. The van der Waals surface area contributed by atoms with Crippen LogP contribution in [0.2, 0.25) is 5.02 Å². The SMILES string of the molecule is CN1CCN2c3cccc(Cl)c3C[C@@]3(C(=O)NC(=O)N(C(C)(C)C)C3=O)[C@@H]2C1. The monoisotopic (exact) mass is 404 g/mol. The molecule has 4 amide bonds. The number of nitrogens with one attached hydrogen (secondary N) is 1. The smallest absolute Gasteiger partial charge is 0.331 e. The number of urea groups is 1. The molecule has 1 N–H and O–H groups in total. The van der Waals surface area contributed by atoms with Crippen LogP contribution in [-0.4, -0.2) is 65.9 Å². The van der Waals surface area contributed by atoms with Crippen molar-refractivity contribution in [3.63, 3.8) is 0 Å². The number of piperazine rings is 1. The first-order chi connectivity index (χ1) is 13.1. The van der Waals surface area contributed by atoms with Gasteiger partial charge >= 0.3 is 6.03 Å². The molecule has 3 aliphatic rings. The van der Waals surface area contributed by atoms with Gasteiger partial charge < -0.3 is 9.80 Å². The third kappa shape index (κ3) is 2.56. The van der Waals surface area contributed by atoms with Crippen molar-refractivity contribution in [3.8, 4) is 0 Å². The first-order valence-corrected chi connectivity index (χ1v) is 9.88. The van der Waals surface area contributed by atoms with Crippen molar-refractivity contribution in [2.24, 2.45) is 5.41 Å². The normalized spacial score (nSPS) is 28.3. The van der Waals surface area contributed by atoms with Gasteiger partial charge in [-0.1, -0.05) is 17.7 Å². The number of hydrogen-bond acceptors (Lipinski definition) is 5. The van der Waals surface area contributed by atoms with Crippen LogP contribution in [0.5, 0.6) is 0 Å². The summed E-state index contributed by atoms with van der Waals surface area (Å²) in [6.45, 7) is 7.43. The maximum atomic E-state index is 13.8. The predicted octanol–water partition coefficient (Wildman–Crippen LogP) is 1.88. The van der Waals surface area contributed by atoms with Crippen LogP contribution in [0.15, 0.2) is 18.2 Å². The molecule has 2 saturated heterocycles. The average molecular weight is 405 g/mol. The van der Waals surface area contributed by atoms with Crippen LogP contribution in [0.3, 0.4) is 0 Å². The van der Waals surface area contributed by atoms with E-state index in [1.165, 1.54) is 4.90 Å². The Morgan fingerprint density at radius 3 is 2.57 bits per heavy atom. The van der Waals surface area contributed by atoms with Gasteiger partial charge in [0.1, 0.15) is 0 Å². The number of anilines is 1. The highest BCUT2D eigenvalue weighted by molar-refractivity contribution is 6.32. The van der Waals surface area contributed by atoms with Gasteiger partial charge in [0.25, 0.3) is 0 Å². The van der Waals surface area contributed by atoms with Gasteiger partial charge in [-0.2, -0.15) is 0 Å². The minimum atomic E-state index is -1.39. The standard InChI is InChI=1S/C20H25ClN4O3/c1-19(2,3)25-17(27)20(16(26)22-18(25)28)10-12-13(21)6-5-7-14(12)24-9-8-23(4)11-15(20)24/h5-7,15H,8-11H2,1-4H3,(H,22,26,28)/t15-,20-/m0/s1. The Hall–Kier alpha value is -2.12. The third-order valence-electron chi connectivity index (χ3n) is 6.10. The molecule has 3 aliphatic heterocycles. The lowest BCUT2D eigenvalue weighted by molar-refractivity contribution is -0.157. The third-order valence-corrected chi connectivity index (χ3v) is 6.45. The summed E-state index contributed by atoms with van der Waals surface area (Å²) in [4.78, 5) is 45.1. The topological polar surface area (TPSA) is 73.0 Å². The van der Waals surface area contributed by atoms with E-state index in [9.17, 15) is 14.4 Å². The minimum absolute atomic E-state index is 0.182. The second kappa shape index (κ2) is 6.19. The first-order valence-electron chi connectivity index (χ1n) is 9.50. The molecule has 7 nitrogen and oxygen atoms in total. The molecule has 1 aromatic rings. The summed E-state index contributed by atoms with van der Waals surface area (Å²) in [7, 11) is 1.98. The van der Waals surface area contributed by atoms with Crippen molar-refractivity contribution < 1.29 is 14.4 Å². The van der Waals surface area contributed by atoms with Gasteiger partial charge in [-0.15, -0.1) is 0 Å². The highest BCUT2D eigenvalue weighted by Crippen LogP contribution is 2.48. The van der Waals surface area contributed by atoms with Gasteiger partial charge in [0, 0.05) is 42.3 Å². The Labute approximate surface area is 169 Å². The fourth-order valence-corrected chi connectivity index (χ4v) is 4.97. The van der Waals surface area contributed by atoms with Crippen molar-refractivity contribution in [1.82, 2.24) is 15.1 Å².